The second-order valence-electron chi connectivity index (χ2n) is 5.30. The lowest BCUT2D eigenvalue weighted by Gasteiger charge is -2.18. The van der Waals surface area contributed by atoms with Gasteiger partial charge in [-0.3, -0.25) is 4.79 Å². The first kappa shape index (κ1) is 14.8. The highest BCUT2D eigenvalue weighted by atomic mass is 16.5. The molecule has 1 aromatic rings. The summed E-state index contributed by atoms with van der Waals surface area (Å²) in [6, 6.07) is 8.03. The maximum Gasteiger partial charge on any atom is 0.249 e. The van der Waals surface area contributed by atoms with Crippen molar-refractivity contribution in [2.24, 2.45) is 5.73 Å². The van der Waals surface area contributed by atoms with Crippen LogP contribution in [0.5, 0.6) is 0 Å². The zero-order valence-corrected chi connectivity index (χ0v) is 12.1. The molecule has 0 spiro atoms. The number of benzene rings is 1. The molecule has 0 unspecified atom stereocenters. The number of nitrogens with one attached hydrogen (secondary N) is 1. The van der Waals surface area contributed by atoms with Crippen molar-refractivity contribution in [1.82, 2.24) is 5.32 Å². The number of amides is 1. The fourth-order valence-corrected chi connectivity index (χ4v) is 2.46. The minimum Gasteiger partial charge on any atom is -0.377 e. The highest BCUT2D eigenvalue weighted by Crippen LogP contribution is 2.20. The Bertz CT molecular complexity index is 462. The molecule has 1 saturated heterocycles. The minimum atomic E-state index is -0.352. The van der Waals surface area contributed by atoms with E-state index in [1.165, 1.54) is 0 Å². The van der Waals surface area contributed by atoms with Crippen LogP contribution in [0.4, 0.5) is 5.69 Å². The number of rotatable bonds is 5. The van der Waals surface area contributed by atoms with E-state index in [2.05, 4.69) is 5.32 Å². The number of nitrogens with two attached hydrogens (primary N) is 1. The average molecular weight is 277 g/mol. The van der Waals surface area contributed by atoms with Gasteiger partial charge in [0.2, 0.25) is 5.91 Å². The Hall–Kier alpha value is -1.59. The lowest BCUT2D eigenvalue weighted by atomic mass is 10.1. The summed E-state index contributed by atoms with van der Waals surface area (Å²) in [6.07, 6.45) is 1.29. The summed E-state index contributed by atoms with van der Waals surface area (Å²) < 4.78 is 5.59. The molecule has 5 nitrogen and oxygen atoms in total. The Labute approximate surface area is 120 Å². The number of carbonyl (C=O) groups excluding carboxylic acids is 1. The summed E-state index contributed by atoms with van der Waals surface area (Å²) >= 11 is 0. The van der Waals surface area contributed by atoms with Crippen molar-refractivity contribution in [2.45, 2.75) is 31.6 Å². The average Bonchev–Trinajstić information content (AvgIpc) is 2.94. The Morgan fingerprint density at radius 2 is 2.15 bits per heavy atom. The first-order chi connectivity index (χ1) is 9.61. The molecule has 0 saturated carbocycles. The van der Waals surface area contributed by atoms with Crippen molar-refractivity contribution in [3.8, 4) is 0 Å². The Morgan fingerprint density at radius 3 is 2.80 bits per heavy atom. The summed E-state index contributed by atoms with van der Waals surface area (Å²) in [5.74, 6) is -0.0468. The van der Waals surface area contributed by atoms with Crippen LogP contribution in [0.15, 0.2) is 24.3 Å². The maximum absolute atomic E-state index is 12.1. The molecule has 2 atom stereocenters. The van der Waals surface area contributed by atoms with Crippen molar-refractivity contribution < 1.29 is 9.53 Å². The van der Waals surface area contributed by atoms with Crippen molar-refractivity contribution in [2.75, 3.05) is 25.5 Å². The molecule has 3 N–H and O–H groups in total. The fraction of sp³-hybridized carbons (Fsp3) is 0.533. The third kappa shape index (κ3) is 3.49. The molecule has 1 aromatic carbocycles. The molecule has 0 aliphatic carbocycles. The minimum absolute atomic E-state index is 0.0276. The number of hydrogen-bond donors (Lipinski definition) is 2. The van der Waals surface area contributed by atoms with E-state index in [0.29, 0.717) is 13.1 Å². The third-order valence-electron chi connectivity index (χ3n) is 3.59. The molecule has 1 fully saturated rings. The van der Waals surface area contributed by atoms with E-state index in [1.807, 2.05) is 43.3 Å². The molecule has 5 heteroatoms. The van der Waals surface area contributed by atoms with Gasteiger partial charge in [-0.1, -0.05) is 18.2 Å². The molecule has 110 valence electrons. The van der Waals surface area contributed by atoms with Gasteiger partial charge < -0.3 is 20.7 Å². The summed E-state index contributed by atoms with van der Waals surface area (Å²) in [5, 5.41) is 2.95. The van der Waals surface area contributed by atoms with Gasteiger partial charge in [-0.25, -0.2) is 0 Å². The van der Waals surface area contributed by atoms with Crippen LogP contribution in [0.2, 0.25) is 0 Å². The topological polar surface area (TPSA) is 67.6 Å². The monoisotopic (exact) mass is 277 g/mol. The predicted molar refractivity (Wildman–Crippen MR) is 79.6 cm³/mol. The van der Waals surface area contributed by atoms with Gasteiger partial charge in [-0.15, -0.1) is 0 Å². The number of nitrogens with zero attached hydrogens (tertiary/aromatic N) is 1. The SMILES string of the molecule is CN(C)c1ccccc1CNC(=O)[C@@H]1CC[C@H](CN)O1. The molecule has 2 rings (SSSR count). The fourth-order valence-electron chi connectivity index (χ4n) is 2.46. The molecule has 0 bridgehead atoms. The number of carbonyl (C=O) groups is 1. The van der Waals surface area contributed by atoms with Crippen LogP contribution < -0.4 is 16.0 Å². The van der Waals surface area contributed by atoms with Gasteiger partial charge in [-0.2, -0.15) is 0 Å². The molecule has 1 amide bonds. The van der Waals surface area contributed by atoms with E-state index >= 15 is 0 Å². The van der Waals surface area contributed by atoms with Gasteiger partial charge >= 0.3 is 0 Å². The van der Waals surface area contributed by atoms with Crippen molar-refractivity contribution in [1.29, 1.82) is 0 Å². The zero-order chi connectivity index (χ0) is 14.5. The molecule has 1 aliphatic rings. The van der Waals surface area contributed by atoms with Crippen LogP contribution >= 0.6 is 0 Å². The number of ether oxygens (including phenoxy) is 1. The van der Waals surface area contributed by atoms with Gasteiger partial charge in [0.15, 0.2) is 0 Å². The van der Waals surface area contributed by atoms with Gasteiger partial charge in [0.1, 0.15) is 6.10 Å². The van der Waals surface area contributed by atoms with Crippen molar-refractivity contribution in [3.63, 3.8) is 0 Å². The first-order valence-corrected chi connectivity index (χ1v) is 7.00. The van der Waals surface area contributed by atoms with Gasteiger partial charge in [0.25, 0.3) is 0 Å². The molecular weight excluding hydrogens is 254 g/mol. The highest BCUT2D eigenvalue weighted by Gasteiger charge is 2.29. The van der Waals surface area contributed by atoms with Crippen LogP contribution in [0.25, 0.3) is 0 Å². The van der Waals surface area contributed by atoms with Crippen molar-refractivity contribution >= 4 is 11.6 Å². The third-order valence-corrected chi connectivity index (χ3v) is 3.59. The second-order valence-corrected chi connectivity index (χ2v) is 5.30. The molecule has 1 heterocycles. The lowest BCUT2D eigenvalue weighted by Crippen LogP contribution is -2.35. The smallest absolute Gasteiger partial charge is 0.249 e. The first-order valence-electron chi connectivity index (χ1n) is 7.00. The van der Waals surface area contributed by atoms with Gasteiger partial charge in [0, 0.05) is 32.9 Å². The summed E-state index contributed by atoms with van der Waals surface area (Å²) in [5.41, 5.74) is 7.76. The van der Waals surface area contributed by atoms with Crippen LogP contribution in [-0.2, 0) is 16.1 Å². The quantitative estimate of drug-likeness (QED) is 0.838. The Morgan fingerprint density at radius 1 is 1.40 bits per heavy atom. The van der Waals surface area contributed by atoms with Crippen LogP contribution in [-0.4, -0.2) is 38.8 Å². The van der Waals surface area contributed by atoms with Gasteiger partial charge in [0.05, 0.1) is 6.10 Å². The largest absolute Gasteiger partial charge is 0.377 e. The van der Waals surface area contributed by atoms with E-state index < -0.39 is 0 Å². The number of hydrogen-bond acceptors (Lipinski definition) is 4. The van der Waals surface area contributed by atoms with E-state index in [1.54, 1.807) is 0 Å². The van der Waals surface area contributed by atoms with E-state index in [0.717, 1.165) is 24.1 Å². The van der Waals surface area contributed by atoms with Crippen molar-refractivity contribution in [3.05, 3.63) is 29.8 Å². The normalized spacial score (nSPS) is 21.8. The number of para-hydroxylation sites is 1. The summed E-state index contributed by atoms with van der Waals surface area (Å²) in [6.45, 7) is 0.994. The second kappa shape index (κ2) is 6.72. The molecule has 20 heavy (non-hydrogen) atoms. The Balaban J connectivity index is 1.91. The van der Waals surface area contributed by atoms with E-state index in [4.69, 9.17) is 10.5 Å². The molecule has 0 aromatic heterocycles. The van der Waals surface area contributed by atoms with Gasteiger partial charge in [-0.05, 0) is 24.5 Å². The lowest BCUT2D eigenvalue weighted by molar-refractivity contribution is -0.132. The summed E-state index contributed by atoms with van der Waals surface area (Å²) in [4.78, 5) is 14.1. The Kier molecular flexibility index (Phi) is 4.98. The van der Waals surface area contributed by atoms with Crippen LogP contribution in [0.3, 0.4) is 0 Å². The predicted octanol–water partition coefficient (Wildman–Crippen LogP) is 0.875. The molecule has 0 radical (unpaired) electrons. The molecule has 1 aliphatic heterocycles. The summed E-state index contributed by atoms with van der Waals surface area (Å²) in [7, 11) is 3.99. The maximum atomic E-state index is 12.1. The molecular formula is C15H23N3O2. The number of anilines is 1. The van der Waals surface area contributed by atoms with E-state index in [9.17, 15) is 4.79 Å². The highest BCUT2D eigenvalue weighted by molar-refractivity contribution is 5.81. The van der Waals surface area contributed by atoms with Crippen LogP contribution in [0, 0.1) is 0 Å². The zero-order valence-electron chi connectivity index (χ0n) is 12.1. The standard InChI is InChI=1S/C15H23N3O2/c1-18(2)13-6-4-3-5-11(13)10-17-15(19)14-8-7-12(9-16)20-14/h3-6,12,14H,7-10,16H2,1-2H3,(H,17,19)/t12-,14+/m1/s1. The van der Waals surface area contributed by atoms with Crippen LogP contribution in [0.1, 0.15) is 18.4 Å². The van der Waals surface area contributed by atoms with E-state index in [-0.39, 0.29) is 18.1 Å².